The van der Waals surface area contributed by atoms with Crippen LogP contribution in [0.5, 0.6) is 5.75 Å². The lowest BCUT2D eigenvalue weighted by atomic mass is 10.1. The largest absolute Gasteiger partial charge is 0.496 e. The number of hydrogen-bond acceptors (Lipinski definition) is 2. The van der Waals surface area contributed by atoms with E-state index in [0.29, 0.717) is 17.2 Å². The number of amides is 1. The fraction of sp³-hybridized carbons (Fsp3) is 0.417. The van der Waals surface area contributed by atoms with Crippen molar-refractivity contribution in [1.29, 1.82) is 0 Å². The summed E-state index contributed by atoms with van der Waals surface area (Å²) in [7, 11) is 1.54. The van der Waals surface area contributed by atoms with Crippen LogP contribution in [0.25, 0.3) is 0 Å². The summed E-state index contributed by atoms with van der Waals surface area (Å²) in [6.07, 6.45) is 0.742. The molecule has 1 aromatic carbocycles. The van der Waals surface area contributed by atoms with E-state index in [1.165, 1.54) is 0 Å². The van der Waals surface area contributed by atoms with E-state index in [-0.39, 0.29) is 11.9 Å². The van der Waals surface area contributed by atoms with Gasteiger partial charge in [0.05, 0.1) is 12.7 Å². The van der Waals surface area contributed by atoms with Crippen LogP contribution in [0.3, 0.4) is 0 Å². The lowest BCUT2D eigenvalue weighted by Crippen LogP contribution is -2.33. The first-order valence-corrected chi connectivity index (χ1v) is 6.61. The average Bonchev–Trinajstić information content (AvgIpc) is 2.28. The van der Waals surface area contributed by atoms with Crippen LogP contribution in [-0.2, 0) is 0 Å². The summed E-state index contributed by atoms with van der Waals surface area (Å²) in [6.45, 7) is 1.92. The molecule has 1 atom stereocenters. The van der Waals surface area contributed by atoms with E-state index < -0.39 is 0 Å². The number of alkyl halides is 1. The predicted octanol–water partition coefficient (Wildman–Crippen LogP) is 3.20. The smallest absolute Gasteiger partial charge is 0.255 e. The van der Waals surface area contributed by atoms with E-state index >= 15 is 0 Å². The molecule has 0 aromatic heterocycles. The van der Waals surface area contributed by atoms with E-state index in [9.17, 15) is 4.79 Å². The number of carbonyl (C=O) groups is 1. The molecule has 0 radical (unpaired) electrons. The lowest BCUT2D eigenvalue weighted by Gasteiger charge is -2.14. The highest BCUT2D eigenvalue weighted by atomic mass is 79.9. The Morgan fingerprint density at radius 2 is 2.29 bits per heavy atom. The first-order chi connectivity index (χ1) is 8.08. The third-order valence-corrected chi connectivity index (χ3v) is 3.04. The minimum absolute atomic E-state index is 0.0494. The highest BCUT2D eigenvalue weighted by Gasteiger charge is 2.14. The summed E-state index contributed by atoms with van der Waals surface area (Å²) in [5, 5.41) is 2.87. The van der Waals surface area contributed by atoms with Crippen molar-refractivity contribution in [3.05, 3.63) is 28.2 Å². The number of nitrogens with one attached hydrogen (secondary N) is 1. The summed E-state index contributed by atoms with van der Waals surface area (Å²) in [5.74, 6) is 0.931. The van der Waals surface area contributed by atoms with Crippen molar-refractivity contribution in [2.45, 2.75) is 19.4 Å². The van der Waals surface area contributed by atoms with Gasteiger partial charge in [-0.25, -0.2) is 0 Å². The van der Waals surface area contributed by atoms with Crippen molar-refractivity contribution in [3.63, 3.8) is 0 Å². The van der Waals surface area contributed by atoms with Crippen LogP contribution in [0.4, 0.5) is 0 Å². The zero-order valence-corrected chi connectivity index (χ0v) is 12.1. The third kappa shape index (κ3) is 4.21. The molecular weight excluding hydrogens is 305 g/mol. The Balaban J connectivity index is 2.81. The molecule has 17 heavy (non-hydrogen) atoms. The molecule has 1 amide bonds. The zero-order valence-electron chi connectivity index (χ0n) is 9.80. The minimum atomic E-state index is -0.146. The Morgan fingerprint density at radius 1 is 1.59 bits per heavy atom. The molecule has 94 valence electrons. The maximum atomic E-state index is 12.0. The molecule has 0 aliphatic heterocycles. The van der Waals surface area contributed by atoms with E-state index in [1.54, 1.807) is 19.2 Å². The minimum Gasteiger partial charge on any atom is -0.496 e. The van der Waals surface area contributed by atoms with Crippen LogP contribution in [0.2, 0.25) is 0 Å². The normalized spacial score (nSPS) is 12.0. The van der Waals surface area contributed by atoms with Gasteiger partial charge in [-0.15, -0.1) is 11.6 Å². The molecule has 0 heterocycles. The van der Waals surface area contributed by atoms with Gasteiger partial charge in [0.25, 0.3) is 5.91 Å². The summed E-state index contributed by atoms with van der Waals surface area (Å²) in [5.41, 5.74) is 0.525. The maximum absolute atomic E-state index is 12.0. The van der Waals surface area contributed by atoms with Gasteiger partial charge in [-0.2, -0.15) is 0 Å². The Labute approximate surface area is 115 Å². The quantitative estimate of drug-likeness (QED) is 0.846. The summed E-state index contributed by atoms with van der Waals surface area (Å²) < 4.78 is 6.05. The average molecular weight is 321 g/mol. The molecule has 0 saturated heterocycles. The Morgan fingerprint density at radius 3 is 2.88 bits per heavy atom. The third-order valence-electron chi connectivity index (χ3n) is 2.33. The topological polar surface area (TPSA) is 38.3 Å². The first kappa shape index (κ1) is 14.3. The molecule has 5 heteroatoms. The predicted molar refractivity (Wildman–Crippen MR) is 73.0 cm³/mol. The molecule has 1 unspecified atom stereocenters. The van der Waals surface area contributed by atoms with Gasteiger partial charge in [-0.1, -0.05) is 15.9 Å². The maximum Gasteiger partial charge on any atom is 0.255 e. The molecule has 0 spiro atoms. The van der Waals surface area contributed by atoms with Gasteiger partial charge in [0.15, 0.2) is 0 Å². The number of halogens is 2. The summed E-state index contributed by atoms with van der Waals surface area (Å²) >= 11 is 8.96. The van der Waals surface area contributed by atoms with Gasteiger partial charge in [-0.3, -0.25) is 4.79 Å². The molecule has 1 aromatic rings. The fourth-order valence-corrected chi connectivity index (χ4v) is 2.06. The van der Waals surface area contributed by atoms with Gasteiger partial charge in [0.2, 0.25) is 0 Å². The summed E-state index contributed by atoms with van der Waals surface area (Å²) in [4.78, 5) is 12.0. The molecule has 0 aliphatic rings. The molecule has 3 nitrogen and oxygen atoms in total. The van der Waals surface area contributed by atoms with Crippen LogP contribution < -0.4 is 10.1 Å². The van der Waals surface area contributed by atoms with E-state index in [0.717, 1.165) is 10.9 Å². The Hall–Kier alpha value is -0.740. The second kappa shape index (κ2) is 6.87. The Kier molecular flexibility index (Phi) is 5.78. The molecule has 1 N–H and O–H groups in total. The van der Waals surface area contributed by atoms with E-state index in [2.05, 4.69) is 21.2 Å². The van der Waals surface area contributed by atoms with Crippen molar-refractivity contribution >= 4 is 33.4 Å². The monoisotopic (exact) mass is 319 g/mol. The number of hydrogen-bond donors (Lipinski definition) is 1. The SMILES string of the molecule is COc1cc(Br)ccc1C(=O)NC(C)CCCl. The van der Waals surface area contributed by atoms with Crippen molar-refractivity contribution in [2.24, 2.45) is 0 Å². The van der Waals surface area contributed by atoms with Crippen molar-refractivity contribution in [2.75, 3.05) is 13.0 Å². The highest BCUT2D eigenvalue weighted by Crippen LogP contribution is 2.23. The van der Waals surface area contributed by atoms with Crippen molar-refractivity contribution in [3.8, 4) is 5.75 Å². The molecular formula is C12H15BrClNO2. The van der Waals surface area contributed by atoms with E-state index in [1.807, 2.05) is 13.0 Å². The Bertz CT molecular complexity index is 398. The van der Waals surface area contributed by atoms with Gasteiger partial charge in [0, 0.05) is 16.4 Å². The second-order valence-corrected chi connectivity index (χ2v) is 4.99. The number of ether oxygens (including phenoxy) is 1. The summed E-state index contributed by atoms with van der Waals surface area (Å²) in [6, 6.07) is 5.35. The van der Waals surface area contributed by atoms with Crippen LogP contribution in [-0.4, -0.2) is 24.9 Å². The van der Waals surface area contributed by atoms with Gasteiger partial charge < -0.3 is 10.1 Å². The number of benzene rings is 1. The lowest BCUT2D eigenvalue weighted by molar-refractivity contribution is 0.0936. The van der Waals surface area contributed by atoms with Gasteiger partial charge >= 0.3 is 0 Å². The first-order valence-electron chi connectivity index (χ1n) is 5.29. The molecule has 1 rings (SSSR count). The zero-order chi connectivity index (χ0) is 12.8. The van der Waals surface area contributed by atoms with E-state index in [4.69, 9.17) is 16.3 Å². The number of carbonyl (C=O) groups excluding carboxylic acids is 1. The van der Waals surface area contributed by atoms with Crippen LogP contribution in [0, 0.1) is 0 Å². The number of methoxy groups -OCH3 is 1. The number of rotatable bonds is 5. The highest BCUT2D eigenvalue weighted by molar-refractivity contribution is 9.10. The van der Waals surface area contributed by atoms with Crippen molar-refractivity contribution in [1.82, 2.24) is 5.32 Å². The van der Waals surface area contributed by atoms with Crippen LogP contribution in [0.15, 0.2) is 22.7 Å². The molecule has 0 bridgehead atoms. The van der Waals surface area contributed by atoms with Gasteiger partial charge in [-0.05, 0) is 31.5 Å². The standard InChI is InChI=1S/C12H15BrClNO2/c1-8(5-6-14)15-12(16)10-4-3-9(13)7-11(10)17-2/h3-4,7-8H,5-6H2,1-2H3,(H,15,16). The van der Waals surface area contributed by atoms with Crippen LogP contribution in [0.1, 0.15) is 23.7 Å². The fourth-order valence-electron chi connectivity index (χ4n) is 1.39. The van der Waals surface area contributed by atoms with Crippen molar-refractivity contribution < 1.29 is 9.53 Å². The van der Waals surface area contributed by atoms with Gasteiger partial charge in [0.1, 0.15) is 5.75 Å². The van der Waals surface area contributed by atoms with Crippen LogP contribution >= 0.6 is 27.5 Å². The molecule has 0 fully saturated rings. The molecule has 0 saturated carbocycles. The second-order valence-electron chi connectivity index (χ2n) is 3.70. The molecule has 0 aliphatic carbocycles.